The molecule has 0 bridgehead atoms. The molecule has 0 saturated carbocycles. The highest BCUT2D eigenvalue weighted by atomic mass is 32.1. The highest BCUT2D eigenvalue weighted by molar-refractivity contribution is 7.13. The van der Waals surface area contributed by atoms with Crippen LogP contribution in [0.4, 0.5) is 5.13 Å². The van der Waals surface area contributed by atoms with Gasteiger partial charge in [0, 0.05) is 29.7 Å². The number of ether oxygens (including phenoxy) is 1. The number of aryl methyl sites for hydroxylation is 1. The van der Waals surface area contributed by atoms with Crippen LogP contribution in [0.1, 0.15) is 30.8 Å². The maximum absolute atomic E-state index is 12.2. The number of carbonyl (C=O) groups is 2. The predicted molar refractivity (Wildman–Crippen MR) is 100 cm³/mol. The van der Waals surface area contributed by atoms with Crippen LogP contribution in [0.3, 0.4) is 0 Å². The molecule has 0 radical (unpaired) electrons. The van der Waals surface area contributed by atoms with Crippen molar-refractivity contribution in [3.05, 3.63) is 28.5 Å². The molecule has 2 heterocycles. The monoisotopic (exact) mass is 379 g/mol. The fourth-order valence-corrected chi connectivity index (χ4v) is 3.24. The molecule has 0 spiro atoms. The largest absolute Gasteiger partial charge is 0.466 e. The van der Waals surface area contributed by atoms with Crippen molar-refractivity contribution in [1.82, 2.24) is 19.7 Å². The average Bonchev–Trinajstić information content (AvgIpc) is 3.14. The first-order chi connectivity index (χ1) is 12.4. The SMILES string of the molecule is CCOC(=O)Cc1csc(NC(=O)CN(C)Cc2cnn(CC)c2C)n1. The minimum absolute atomic E-state index is 0.112. The third kappa shape index (κ3) is 5.63. The average molecular weight is 379 g/mol. The molecule has 0 unspecified atom stereocenters. The zero-order chi connectivity index (χ0) is 19.1. The highest BCUT2D eigenvalue weighted by Gasteiger charge is 2.13. The molecule has 0 aliphatic carbocycles. The summed E-state index contributed by atoms with van der Waals surface area (Å²) in [6, 6.07) is 0. The molecule has 142 valence electrons. The first-order valence-corrected chi connectivity index (χ1v) is 9.40. The van der Waals surface area contributed by atoms with Gasteiger partial charge in [0.05, 0.1) is 31.5 Å². The van der Waals surface area contributed by atoms with Crippen LogP contribution in [0.15, 0.2) is 11.6 Å². The molecule has 0 aromatic carbocycles. The molecular weight excluding hydrogens is 354 g/mol. The van der Waals surface area contributed by atoms with Crippen LogP contribution in [-0.4, -0.2) is 51.7 Å². The number of hydrogen-bond donors (Lipinski definition) is 1. The second-order valence-corrected chi connectivity index (χ2v) is 6.78. The van der Waals surface area contributed by atoms with Gasteiger partial charge >= 0.3 is 5.97 Å². The Hall–Kier alpha value is -2.26. The molecule has 0 fully saturated rings. The predicted octanol–water partition coefficient (Wildman–Crippen LogP) is 1.84. The lowest BCUT2D eigenvalue weighted by Gasteiger charge is -2.15. The van der Waals surface area contributed by atoms with Crippen LogP contribution < -0.4 is 5.32 Å². The van der Waals surface area contributed by atoms with E-state index in [-0.39, 0.29) is 24.8 Å². The first-order valence-electron chi connectivity index (χ1n) is 8.52. The van der Waals surface area contributed by atoms with Gasteiger partial charge in [-0.05, 0) is 27.8 Å². The summed E-state index contributed by atoms with van der Waals surface area (Å²) in [7, 11) is 1.89. The van der Waals surface area contributed by atoms with E-state index in [1.54, 1.807) is 12.3 Å². The Balaban J connectivity index is 1.83. The summed E-state index contributed by atoms with van der Waals surface area (Å²) in [5, 5.41) is 9.32. The summed E-state index contributed by atoms with van der Waals surface area (Å²) in [5.41, 5.74) is 2.82. The maximum atomic E-state index is 12.2. The number of nitrogens with zero attached hydrogens (tertiary/aromatic N) is 4. The molecule has 1 amide bonds. The third-order valence-electron chi connectivity index (χ3n) is 3.79. The van der Waals surface area contributed by atoms with E-state index in [1.165, 1.54) is 11.3 Å². The smallest absolute Gasteiger partial charge is 0.311 e. The van der Waals surface area contributed by atoms with Crippen LogP contribution in [0, 0.1) is 6.92 Å². The fourth-order valence-electron chi connectivity index (χ4n) is 2.52. The minimum Gasteiger partial charge on any atom is -0.466 e. The number of amides is 1. The van der Waals surface area contributed by atoms with Crippen molar-refractivity contribution in [1.29, 1.82) is 0 Å². The Morgan fingerprint density at radius 2 is 2.15 bits per heavy atom. The van der Waals surface area contributed by atoms with Crippen molar-refractivity contribution >= 4 is 28.3 Å². The zero-order valence-corrected chi connectivity index (χ0v) is 16.4. The van der Waals surface area contributed by atoms with Crippen LogP contribution in [0.5, 0.6) is 0 Å². The van der Waals surface area contributed by atoms with Crippen molar-refractivity contribution in [2.24, 2.45) is 0 Å². The van der Waals surface area contributed by atoms with E-state index in [1.807, 2.05) is 36.7 Å². The molecule has 0 atom stereocenters. The van der Waals surface area contributed by atoms with Gasteiger partial charge in [-0.25, -0.2) is 4.98 Å². The number of esters is 1. The van der Waals surface area contributed by atoms with E-state index < -0.39 is 0 Å². The van der Waals surface area contributed by atoms with Crippen molar-refractivity contribution in [2.75, 3.05) is 25.5 Å². The Labute approximate surface area is 157 Å². The second kappa shape index (κ2) is 9.44. The van der Waals surface area contributed by atoms with Gasteiger partial charge in [0.2, 0.25) is 5.91 Å². The van der Waals surface area contributed by atoms with Gasteiger partial charge in [-0.1, -0.05) is 0 Å². The lowest BCUT2D eigenvalue weighted by atomic mass is 10.2. The van der Waals surface area contributed by atoms with E-state index in [2.05, 4.69) is 15.4 Å². The molecule has 2 aromatic rings. The number of nitrogens with one attached hydrogen (secondary N) is 1. The van der Waals surface area contributed by atoms with Gasteiger partial charge < -0.3 is 10.1 Å². The molecule has 8 nitrogen and oxygen atoms in total. The number of thiazole rings is 1. The standard InChI is InChI=1S/C17H25N5O3S/c1-5-22-12(3)13(8-18-22)9-21(4)10-15(23)20-17-19-14(11-26-17)7-16(24)25-6-2/h8,11H,5-7,9-10H2,1-4H3,(H,19,20,23). The van der Waals surface area contributed by atoms with Crippen molar-refractivity contribution < 1.29 is 14.3 Å². The molecule has 0 saturated heterocycles. The summed E-state index contributed by atoms with van der Waals surface area (Å²) in [6.45, 7) is 7.89. The summed E-state index contributed by atoms with van der Waals surface area (Å²) < 4.78 is 6.82. The summed E-state index contributed by atoms with van der Waals surface area (Å²) >= 11 is 1.30. The van der Waals surface area contributed by atoms with E-state index >= 15 is 0 Å². The van der Waals surface area contributed by atoms with E-state index in [9.17, 15) is 9.59 Å². The molecule has 9 heteroatoms. The number of anilines is 1. The Morgan fingerprint density at radius 3 is 2.81 bits per heavy atom. The quantitative estimate of drug-likeness (QED) is 0.669. The number of aromatic nitrogens is 3. The number of rotatable bonds is 9. The second-order valence-electron chi connectivity index (χ2n) is 5.92. The van der Waals surface area contributed by atoms with Gasteiger partial charge in [-0.2, -0.15) is 5.10 Å². The fraction of sp³-hybridized carbons (Fsp3) is 0.529. The normalized spacial score (nSPS) is 11.0. The highest BCUT2D eigenvalue weighted by Crippen LogP contribution is 2.16. The Morgan fingerprint density at radius 1 is 1.38 bits per heavy atom. The first kappa shape index (κ1) is 20.1. The maximum Gasteiger partial charge on any atom is 0.311 e. The van der Waals surface area contributed by atoms with Crippen LogP contribution in [-0.2, 0) is 33.8 Å². The topological polar surface area (TPSA) is 89.4 Å². The summed E-state index contributed by atoms with van der Waals surface area (Å²) in [6.07, 6.45) is 1.95. The van der Waals surface area contributed by atoms with Crippen molar-refractivity contribution in [2.45, 2.75) is 40.3 Å². The molecule has 2 aromatic heterocycles. The van der Waals surface area contributed by atoms with Crippen LogP contribution in [0.2, 0.25) is 0 Å². The number of carbonyl (C=O) groups excluding carboxylic acids is 2. The van der Waals surface area contributed by atoms with Gasteiger partial charge in [0.1, 0.15) is 0 Å². The zero-order valence-electron chi connectivity index (χ0n) is 15.6. The van der Waals surface area contributed by atoms with Gasteiger partial charge in [0.25, 0.3) is 0 Å². The lowest BCUT2D eigenvalue weighted by Crippen LogP contribution is -2.30. The molecular formula is C17H25N5O3S. The van der Waals surface area contributed by atoms with Gasteiger partial charge in [-0.15, -0.1) is 11.3 Å². The van der Waals surface area contributed by atoms with Crippen molar-refractivity contribution in [3.8, 4) is 0 Å². The molecule has 2 rings (SSSR count). The summed E-state index contributed by atoms with van der Waals surface area (Å²) in [5.74, 6) is -0.469. The third-order valence-corrected chi connectivity index (χ3v) is 4.59. The number of hydrogen-bond acceptors (Lipinski definition) is 7. The molecule has 0 aliphatic rings. The Bertz CT molecular complexity index is 755. The Kier molecular flexibility index (Phi) is 7.28. The molecule has 1 N–H and O–H groups in total. The van der Waals surface area contributed by atoms with Crippen LogP contribution in [0.25, 0.3) is 0 Å². The van der Waals surface area contributed by atoms with Gasteiger partial charge in [0.15, 0.2) is 5.13 Å². The van der Waals surface area contributed by atoms with Crippen molar-refractivity contribution in [3.63, 3.8) is 0 Å². The molecule has 0 aliphatic heterocycles. The number of likely N-dealkylation sites (N-methyl/N-ethyl adjacent to an activating group) is 1. The lowest BCUT2D eigenvalue weighted by molar-refractivity contribution is -0.142. The summed E-state index contributed by atoms with van der Waals surface area (Å²) in [4.78, 5) is 29.8. The van der Waals surface area contributed by atoms with E-state index in [0.29, 0.717) is 24.0 Å². The van der Waals surface area contributed by atoms with E-state index in [4.69, 9.17) is 4.74 Å². The minimum atomic E-state index is -0.321. The van der Waals surface area contributed by atoms with Crippen LogP contribution >= 0.6 is 11.3 Å². The van der Waals surface area contributed by atoms with E-state index in [0.717, 1.165) is 17.8 Å². The van der Waals surface area contributed by atoms with Gasteiger partial charge in [-0.3, -0.25) is 19.2 Å². The molecule has 26 heavy (non-hydrogen) atoms.